The molecule has 0 atom stereocenters. The van der Waals surface area contributed by atoms with E-state index in [4.69, 9.17) is 21.9 Å². The van der Waals surface area contributed by atoms with Crippen LogP contribution in [-0.4, -0.2) is 36.6 Å². The molecule has 0 saturated carbocycles. The first-order valence-corrected chi connectivity index (χ1v) is 9.10. The molecule has 0 aliphatic carbocycles. The molecule has 0 amide bonds. The number of amidine groups is 2. The number of nitrogens with zero attached hydrogens (tertiary/aromatic N) is 2. The molecule has 0 fully saturated rings. The molecule has 3 rings (SSSR count). The van der Waals surface area contributed by atoms with Gasteiger partial charge >= 0.3 is 150 Å². The Balaban J connectivity index is 1.85. The van der Waals surface area contributed by atoms with Crippen molar-refractivity contribution < 1.29 is 10.4 Å². The maximum atomic E-state index is 8.72. The fraction of sp³-hybridized carbons (Fsp3) is 0. The molecule has 0 radical (unpaired) electrons. The normalized spacial score (nSPS) is 12.3. The third-order valence-electron chi connectivity index (χ3n) is 3.75. The Hall–Kier alpha value is -3.02. The minimum atomic E-state index is 0.0991. The first-order chi connectivity index (χ1) is 12.1. The molecule has 0 bridgehead atoms. The van der Waals surface area contributed by atoms with Crippen LogP contribution >= 0.6 is 0 Å². The van der Waals surface area contributed by atoms with E-state index in [9.17, 15) is 0 Å². The minimum absolute atomic E-state index is 0.0991. The van der Waals surface area contributed by atoms with E-state index in [-0.39, 0.29) is 26.2 Å². The van der Waals surface area contributed by atoms with E-state index in [1.807, 2.05) is 48.5 Å². The molecule has 6 nitrogen and oxygen atoms in total. The van der Waals surface area contributed by atoms with Crippen LogP contribution in [0.4, 0.5) is 0 Å². The number of rotatable bonds is 4. The Morgan fingerprint density at radius 1 is 0.640 bits per heavy atom. The number of hydrogen-bond acceptors (Lipinski definition) is 4. The molecular weight excluding hydrogens is 383 g/mol. The molecule has 7 heteroatoms. The average molecular weight is 399 g/mol. The molecule has 0 unspecified atom stereocenters. The zero-order valence-corrected chi connectivity index (χ0v) is 14.8. The Bertz CT molecular complexity index is 852. The Kier molecular flexibility index (Phi) is 4.88. The third-order valence-corrected chi connectivity index (χ3v) is 6.23. The quantitative estimate of drug-likeness (QED) is 0.177. The van der Waals surface area contributed by atoms with Gasteiger partial charge in [-0.05, 0) is 0 Å². The van der Waals surface area contributed by atoms with Gasteiger partial charge in [-0.1, -0.05) is 0 Å². The second-order valence-corrected chi connectivity index (χ2v) is 7.56. The van der Waals surface area contributed by atoms with Crippen LogP contribution in [0.1, 0.15) is 11.1 Å². The molecule has 0 aliphatic heterocycles. The SMILES string of the molecule is N/C(=N\O)c1ccc(-c2ccc(-c3ccc(/C(N)=N/O)cc3)[se]2)cc1. The third kappa shape index (κ3) is 3.57. The maximum absolute atomic E-state index is 8.72. The van der Waals surface area contributed by atoms with Crippen LogP contribution in [-0.2, 0) is 0 Å². The fourth-order valence-corrected chi connectivity index (χ4v) is 4.51. The molecule has 0 saturated heterocycles. The Morgan fingerprint density at radius 3 is 1.32 bits per heavy atom. The number of nitrogens with two attached hydrogens (primary N) is 2. The molecule has 0 spiro atoms. The monoisotopic (exact) mass is 400 g/mol. The topological polar surface area (TPSA) is 117 Å². The summed E-state index contributed by atoms with van der Waals surface area (Å²) in [5.41, 5.74) is 14.8. The first-order valence-electron chi connectivity index (χ1n) is 7.39. The molecule has 2 aromatic carbocycles. The zero-order chi connectivity index (χ0) is 17.8. The van der Waals surface area contributed by atoms with Gasteiger partial charge in [-0.3, -0.25) is 0 Å². The van der Waals surface area contributed by atoms with E-state index in [1.165, 1.54) is 8.87 Å². The first kappa shape index (κ1) is 16.8. The fourth-order valence-electron chi connectivity index (χ4n) is 2.37. The summed E-state index contributed by atoms with van der Waals surface area (Å²) in [5, 5.41) is 23.4. The molecule has 126 valence electrons. The molecule has 25 heavy (non-hydrogen) atoms. The molecular formula is C18H16N4O2Se. The van der Waals surface area contributed by atoms with Crippen molar-refractivity contribution in [2.45, 2.75) is 0 Å². The van der Waals surface area contributed by atoms with Crippen LogP contribution in [0.3, 0.4) is 0 Å². The van der Waals surface area contributed by atoms with Crippen LogP contribution in [0.15, 0.2) is 71.0 Å². The molecule has 1 heterocycles. The van der Waals surface area contributed by atoms with Crippen molar-refractivity contribution in [1.29, 1.82) is 0 Å². The van der Waals surface area contributed by atoms with Gasteiger partial charge in [0, 0.05) is 0 Å². The van der Waals surface area contributed by atoms with E-state index in [0.29, 0.717) is 11.1 Å². The summed E-state index contributed by atoms with van der Waals surface area (Å²) in [7, 11) is 0. The van der Waals surface area contributed by atoms with Gasteiger partial charge in [-0.15, -0.1) is 0 Å². The Morgan fingerprint density at radius 2 is 1.00 bits per heavy atom. The van der Waals surface area contributed by atoms with Crippen LogP contribution in [0, 0.1) is 0 Å². The van der Waals surface area contributed by atoms with Crippen molar-refractivity contribution in [1.82, 2.24) is 0 Å². The van der Waals surface area contributed by atoms with Crippen LogP contribution < -0.4 is 11.5 Å². The number of benzene rings is 2. The van der Waals surface area contributed by atoms with Gasteiger partial charge in [0.15, 0.2) is 0 Å². The van der Waals surface area contributed by atoms with Crippen molar-refractivity contribution in [2.75, 3.05) is 0 Å². The number of hydrogen-bond donors (Lipinski definition) is 4. The van der Waals surface area contributed by atoms with E-state index < -0.39 is 0 Å². The predicted octanol–water partition coefficient (Wildman–Crippen LogP) is 2.27. The molecule has 0 aliphatic rings. The van der Waals surface area contributed by atoms with Crippen molar-refractivity contribution in [3.05, 3.63) is 71.8 Å². The van der Waals surface area contributed by atoms with Crippen LogP contribution in [0.25, 0.3) is 20.0 Å². The van der Waals surface area contributed by atoms with E-state index in [1.54, 1.807) is 0 Å². The summed E-state index contributed by atoms with van der Waals surface area (Å²) >= 11 is 0.177. The molecule has 6 N–H and O–H groups in total. The summed E-state index contributed by atoms with van der Waals surface area (Å²) in [6.07, 6.45) is 0. The molecule has 3 aromatic rings. The summed E-state index contributed by atoms with van der Waals surface area (Å²) < 4.78 is 2.52. The standard InChI is InChI=1S/C18H16N4O2Se/c19-17(21-23)13-5-1-11(2-6-13)15-9-10-16(25-15)12-3-7-14(8-4-12)18(20)22-24/h1-10,23-24H,(H2,19,21)(H2,20,22). The summed E-state index contributed by atoms with van der Waals surface area (Å²) in [4.78, 5) is 0. The Labute approximate surface area is 150 Å². The van der Waals surface area contributed by atoms with Gasteiger partial charge in [0.2, 0.25) is 0 Å². The summed E-state index contributed by atoms with van der Waals surface area (Å²) in [6, 6.07) is 19.5. The number of oxime groups is 2. The second kappa shape index (κ2) is 7.25. The summed E-state index contributed by atoms with van der Waals surface area (Å²) in [5.74, 6) is 0.198. The van der Waals surface area contributed by atoms with Gasteiger partial charge in [-0.2, -0.15) is 0 Å². The van der Waals surface area contributed by atoms with Crippen molar-refractivity contribution in [3.8, 4) is 20.0 Å². The van der Waals surface area contributed by atoms with E-state index in [0.717, 1.165) is 11.1 Å². The van der Waals surface area contributed by atoms with E-state index in [2.05, 4.69) is 22.4 Å². The summed E-state index contributed by atoms with van der Waals surface area (Å²) in [6.45, 7) is 0. The van der Waals surface area contributed by atoms with E-state index >= 15 is 0 Å². The van der Waals surface area contributed by atoms with Crippen molar-refractivity contribution in [2.24, 2.45) is 21.8 Å². The second-order valence-electron chi connectivity index (χ2n) is 5.29. The van der Waals surface area contributed by atoms with Gasteiger partial charge in [0.25, 0.3) is 0 Å². The van der Waals surface area contributed by atoms with Gasteiger partial charge in [0.05, 0.1) is 0 Å². The van der Waals surface area contributed by atoms with Gasteiger partial charge < -0.3 is 0 Å². The zero-order valence-electron chi connectivity index (χ0n) is 13.1. The van der Waals surface area contributed by atoms with Crippen molar-refractivity contribution >= 4 is 26.2 Å². The average Bonchev–Trinajstić information content (AvgIpc) is 3.17. The van der Waals surface area contributed by atoms with Gasteiger partial charge in [0.1, 0.15) is 0 Å². The van der Waals surface area contributed by atoms with Crippen LogP contribution in [0.5, 0.6) is 0 Å². The van der Waals surface area contributed by atoms with Crippen LogP contribution in [0.2, 0.25) is 0 Å². The predicted molar refractivity (Wildman–Crippen MR) is 99.3 cm³/mol. The molecule has 1 aromatic heterocycles. The van der Waals surface area contributed by atoms with Gasteiger partial charge in [-0.25, -0.2) is 0 Å². The van der Waals surface area contributed by atoms with Crippen molar-refractivity contribution in [3.63, 3.8) is 0 Å².